The Hall–Kier alpha value is -1.59. The molecule has 0 fully saturated rings. The molecule has 61 heavy (non-hydrogen) atoms. The second-order valence-corrected chi connectivity index (χ2v) is 19.6. The van der Waals surface area contributed by atoms with Gasteiger partial charge in [-0.05, 0) is 31.1 Å². The number of hydrogen-bond donors (Lipinski definition) is 0. The fourth-order valence-corrected chi connectivity index (χ4v) is 8.31. The van der Waals surface area contributed by atoms with Crippen molar-refractivity contribution in [2.75, 3.05) is 13.2 Å². The maximum atomic E-state index is 12.8. The zero-order chi connectivity index (χ0) is 44.7. The largest absolute Gasteiger partial charge is 0.462 e. The number of carbonyl (C=O) groups is 3. The number of rotatable bonds is 49. The molecule has 0 saturated heterocycles. The molecule has 0 radical (unpaired) electrons. The van der Waals surface area contributed by atoms with Crippen molar-refractivity contribution in [1.82, 2.24) is 0 Å². The number of carbonyl (C=O) groups excluding carboxylic acids is 3. The van der Waals surface area contributed by atoms with Crippen LogP contribution < -0.4 is 0 Å². The summed E-state index contributed by atoms with van der Waals surface area (Å²) in [5, 5.41) is 0. The summed E-state index contributed by atoms with van der Waals surface area (Å²) in [4.78, 5) is 37.9. The fourth-order valence-electron chi connectivity index (χ4n) is 8.31. The smallest absolute Gasteiger partial charge is 0.306 e. The summed E-state index contributed by atoms with van der Waals surface area (Å²) in [6.07, 6.45) is 49.5. The molecule has 362 valence electrons. The maximum Gasteiger partial charge on any atom is 0.306 e. The van der Waals surface area contributed by atoms with Crippen LogP contribution in [0.25, 0.3) is 0 Å². The van der Waals surface area contributed by atoms with Gasteiger partial charge < -0.3 is 14.2 Å². The minimum Gasteiger partial charge on any atom is -0.462 e. The minimum atomic E-state index is -0.762. The van der Waals surface area contributed by atoms with Gasteiger partial charge in [-0.2, -0.15) is 0 Å². The lowest BCUT2D eigenvalue weighted by atomic mass is 10.00. The highest BCUT2D eigenvalue weighted by molar-refractivity contribution is 5.71. The van der Waals surface area contributed by atoms with Gasteiger partial charge in [0, 0.05) is 19.3 Å². The quantitative estimate of drug-likeness (QED) is 0.0344. The molecule has 0 rings (SSSR count). The summed E-state index contributed by atoms with van der Waals surface area (Å²) in [7, 11) is 0. The summed E-state index contributed by atoms with van der Waals surface area (Å²) in [6, 6.07) is 0. The van der Waals surface area contributed by atoms with Gasteiger partial charge in [-0.25, -0.2) is 0 Å². The molecule has 0 N–H and O–H groups in total. The van der Waals surface area contributed by atoms with Gasteiger partial charge in [0.15, 0.2) is 6.10 Å². The normalized spacial score (nSPS) is 12.5. The van der Waals surface area contributed by atoms with Crippen molar-refractivity contribution in [3.63, 3.8) is 0 Å². The van der Waals surface area contributed by atoms with Crippen LogP contribution in [0.3, 0.4) is 0 Å². The van der Waals surface area contributed by atoms with Crippen molar-refractivity contribution in [2.24, 2.45) is 11.8 Å². The van der Waals surface area contributed by atoms with E-state index in [1.54, 1.807) is 0 Å². The Morgan fingerprint density at radius 1 is 0.344 bits per heavy atom. The Bertz CT molecular complexity index is 933. The first-order valence-electron chi connectivity index (χ1n) is 27.3. The third kappa shape index (κ3) is 47.7. The van der Waals surface area contributed by atoms with Crippen LogP contribution in [0, 0.1) is 11.8 Å². The SMILES string of the molecule is CCCCCCCCCCCCCCC(=O)OC[C@H](COC(=O)CCCCCCCCC(C)CC)OC(=O)CCCCCCCCCCCCCCCCCCCCC(C)C. The molecule has 1 unspecified atom stereocenters. The first-order valence-corrected chi connectivity index (χ1v) is 27.3. The molecule has 0 aromatic heterocycles. The van der Waals surface area contributed by atoms with Crippen molar-refractivity contribution in [3.8, 4) is 0 Å². The molecule has 6 heteroatoms. The summed E-state index contributed by atoms with van der Waals surface area (Å²) >= 11 is 0. The van der Waals surface area contributed by atoms with Gasteiger partial charge in [0.1, 0.15) is 13.2 Å². The van der Waals surface area contributed by atoms with E-state index in [-0.39, 0.29) is 31.1 Å². The summed E-state index contributed by atoms with van der Waals surface area (Å²) in [5.41, 5.74) is 0. The third-order valence-corrected chi connectivity index (χ3v) is 12.8. The number of hydrogen-bond acceptors (Lipinski definition) is 6. The molecule has 0 aliphatic carbocycles. The van der Waals surface area contributed by atoms with E-state index in [1.165, 1.54) is 193 Å². The zero-order valence-electron chi connectivity index (χ0n) is 41.8. The number of ether oxygens (including phenoxy) is 3. The van der Waals surface area contributed by atoms with E-state index in [2.05, 4.69) is 34.6 Å². The molecule has 0 aliphatic heterocycles. The van der Waals surface area contributed by atoms with Gasteiger partial charge in [0.25, 0.3) is 0 Å². The molecule has 0 spiro atoms. The van der Waals surface area contributed by atoms with E-state index >= 15 is 0 Å². The predicted molar refractivity (Wildman–Crippen MR) is 261 cm³/mol. The van der Waals surface area contributed by atoms with Crippen LogP contribution in [0.15, 0.2) is 0 Å². The van der Waals surface area contributed by atoms with E-state index in [9.17, 15) is 14.4 Å². The molecule has 0 aromatic carbocycles. The molecule has 0 amide bonds. The predicted octanol–water partition coefficient (Wildman–Crippen LogP) is 17.7. The highest BCUT2D eigenvalue weighted by Gasteiger charge is 2.19. The summed E-state index contributed by atoms with van der Waals surface area (Å²) in [6.45, 7) is 11.4. The van der Waals surface area contributed by atoms with Crippen molar-refractivity contribution >= 4 is 17.9 Å². The van der Waals surface area contributed by atoms with E-state index in [0.29, 0.717) is 19.3 Å². The lowest BCUT2D eigenvalue weighted by molar-refractivity contribution is -0.167. The third-order valence-electron chi connectivity index (χ3n) is 12.8. The fraction of sp³-hybridized carbons (Fsp3) is 0.945. The first-order chi connectivity index (χ1) is 29.8. The molecule has 0 aliphatic rings. The molecular weight excluding hydrogens is 757 g/mol. The molecule has 6 nitrogen and oxygen atoms in total. The Morgan fingerprint density at radius 3 is 0.934 bits per heavy atom. The number of unbranched alkanes of at least 4 members (excludes halogenated alkanes) is 33. The van der Waals surface area contributed by atoms with Crippen molar-refractivity contribution in [3.05, 3.63) is 0 Å². The van der Waals surface area contributed by atoms with Gasteiger partial charge >= 0.3 is 17.9 Å². The van der Waals surface area contributed by atoms with Crippen molar-refractivity contribution in [2.45, 2.75) is 310 Å². The first kappa shape index (κ1) is 59.4. The number of esters is 3. The van der Waals surface area contributed by atoms with Gasteiger partial charge in [0.05, 0.1) is 0 Å². The van der Waals surface area contributed by atoms with Crippen molar-refractivity contribution < 1.29 is 28.6 Å². The van der Waals surface area contributed by atoms with Crippen LogP contribution >= 0.6 is 0 Å². The molecule has 0 bridgehead atoms. The van der Waals surface area contributed by atoms with Crippen LogP contribution in [0.1, 0.15) is 304 Å². The minimum absolute atomic E-state index is 0.0640. The van der Waals surface area contributed by atoms with Gasteiger partial charge in [-0.15, -0.1) is 0 Å². The Labute approximate surface area is 380 Å². The van der Waals surface area contributed by atoms with Crippen LogP contribution in [0.4, 0.5) is 0 Å². The highest BCUT2D eigenvalue weighted by Crippen LogP contribution is 2.18. The average molecular weight is 863 g/mol. The van der Waals surface area contributed by atoms with E-state index in [4.69, 9.17) is 14.2 Å². The molecule has 0 saturated carbocycles. The van der Waals surface area contributed by atoms with Crippen LogP contribution in [0.2, 0.25) is 0 Å². The maximum absolute atomic E-state index is 12.8. The Kier molecular flexibility index (Phi) is 46.6. The van der Waals surface area contributed by atoms with Crippen LogP contribution in [-0.4, -0.2) is 37.2 Å². The van der Waals surface area contributed by atoms with E-state index in [0.717, 1.165) is 69.6 Å². The van der Waals surface area contributed by atoms with E-state index in [1.807, 2.05) is 0 Å². The van der Waals surface area contributed by atoms with Crippen LogP contribution in [-0.2, 0) is 28.6 Å². The van der Waals surface area contributed by atoms with Gasteiger partial charge in [-0.3, -0.25) is 14.4 Å². The molecule has 2 atom stereocenters. The second-order valence-electron chi connectivity index (χ2n) is 19.6. The molecule has 0 heterocycles. The van der Waals surface area contributed by atoms with Crippen molar-refractivity contribution in [1.29, 1.82) is 0 Å². The second kappa shape index (κ2) is 47.9. The van der Waals surface area contributed by atoms with E-state index < -0.39 is 6.10 Å². The lowest BCUT2D eigenvalue weighted by Crippen LogP contribution is -2.30. The van der Waals surface area contributed by atoms with Gasteiger partial charge in [0.2, 0.25) is 0 Å². The summed E-state index contributed by atoms with van der Waals surface area (Å²) in [5.74, 6) is 0.824. The highest BCUT2D eigenvalue weighted by atomic mass is 16.6. The topological polar surface area (TPSA) is 78.9 Å². The Balaban J connectivity index is 4.22. The summed E-state index contributed by atoms with van der Waals surface area (Å²) < 4.78 is 16.8. The molecule has 0 aromatic rings. The van der Waals surface area contributed by atoms with Gasteiger partial charge in [-0.1, -0.05) is 266 Å². The lowest BCUT2D eigenvalue weighted by Gasteiger charge is -2.18. The standard InChI is InChI=1S/C55H106O6/c1-6-8-9-10-11-12-13-23-26-29-35-40-45-53(56)59-48-52(49-60-54(57)46-41-36-32-31-34-39-44-51(5)7-2)61-55(58)47-42-37-30-27-24-21-19-17-15-14-16-18-20-22-25-28-33-38-43-50(3)4/h50-52H,6-49H2,1-5H3/t51?,52-/m1/s1. The monoisotopic (exact) mass is 863 g/mol. The average Bonchev–Trinajstić information content (AvgIpc) is 3.24. The molecular formula is C55H106O6. The van der Waals surface area contributed by atoms with Crippen LogP contribution in [0.5, 0.6) is 0 Å². The Morgan fingerprint density at radius 2 is 0.623 bits per heavy atom. The zero-order valence-corrected chi connectivity index (χ0v) is 41.8.